The number of para-hydroxylation sites is 3. The van der Waals surface area contributed by atoms with Crippen molar-refractivity contribution in [1.82, 2.24) is 60.1 Å². The Hall–Kier alpha value is -10.1. The molecule has 6 aromatic carbocycles. The number of aromatic nitrogens is 12. The van der Waals surface area contributed by atoms with Crippen LogP contribution in [0.15, 0.2) is 248 Å². The van der Waals surface area contributed by atoms with Crippen molar-refractivity contribution in [2.45, 2.75) is 245 Å². The van der Waals surface area contributed by atoms with Gasteiger partial charge in [0.15, 0.2) is 0 Å². The molecule has 18 rings (SSSR count). The summed E-state index contributed by atoms with van der Waals surface area (Å²) in [5.74, 6) is 8.53. The zero-order chi connectivity index (χ0) is 94.7. The number of aliphatic hydroxyl groups is 1. The SMILES string of the molecule is CC(C)c1c(Cl)ncnc1Cl.CC(C)c1c[nH]c2ccccc12.CC(C)c1ccc(CO)o1.CC(C)c1ccc2[nH]ncc2c1.CC(C)c1ccc2n[nH]c(Cl)c2c1.CC(C)c1cccnc1.CC(C)c1ccco1.CC(C)c1cn(C)c2ccccc12.CC(C)c1nc2ccccc2s1.CC1=C(C(C)C)CC=N1.Cc1[nH]nc2ccc(C(C)C)cc12.Cc1cc(Br)cs1. The van der Waals surface area contributed by atoms with E-state index in [1.54, 1.807) is 41.2 Å². The number of H-pyrrole nitrogens is 4. The van der Waals surface area contributed by atoms with E-state index in [9.17, 15) is 0 Å². The summed E-state index contributed by atoms with van der Waals surface area (Å²) in [5.41, 5.74) is 19.7. The van der Waals surface area contributed by atoms with Crippen molar-refractivity contribution in [2.24, 2.45) is 18.0 Å². The molecule has 0 atom stereocenters. The highest BCUT2D eigenvalue weighted by Gasteiger charge is 2.15. The molecule has 0 fully saturated rings. The molecule has 5 N–H and O–H groups in total. The molecule has 16 nitrogen and oxygen atoms in total. The molecule has 11 aromatic heterocycles. The van der Waals surface area contributed by atoms with Crippen LogP contribution in [0.2, 0.25) is 15.5 Å². The van der Waals surface area contributed by atoms with Crippen molar-refractivity contribution in [1.29, 1.82) is 0 Å². The number of allylic oxidation sites excluding steroid dienone is 2. The molecule has 1 aliphatic heterocycles. The number of pyridine rings is 1. The highest BCUT2D eigenvalue weighted by atomic mass is 79.9. The van der Waals surface area contributed by atoms with Gasteiger partial charge in [0.05, 0.1) is 44.2 Å². The molecule has 0 unspecified atom stereocenters. The fourth-order valence-electron chi connectivity index (χ4n) is 13.3. The van der Waals surface area contributed by atoms with Gasteiger partial charge in [-0.2, -0.15) is 15.3 Å². The first kappa shape index (κ1) is 106. The summed E-state index contributed by atoms with van der Waals surface area (Å²) in [6.45, 7) is 53.7. The second kappa shape index (κ2) is 53.3. The molecule has 12 heterocycles. The van der Waals surface area contributed by atoms with E-state index in [-0.39, 0.29) is 12.5 Å². The smallest absolute Gasteiger partial charge is 0.137 e. The van der Waals surface area contributed by atoms with E-state index in [0.717, 1.165) is 56.7 Å². The fourth-order valence-corrected chi connectivity index (χ4v) is 16.5. The van der Waals surface area contributed by atoms with E-state index in [2.05, 4.69) is 392 Å². The minimum absolute atomic E-state index is 0.00722. The van der Waals surface area contributed by atoms with E-state index in [4.69, 9.17) is 48.7 Å². The number of aromatic amines is 4. The van der Waals surface area contributed by atoms with Crippen LogP contribution in [0.5, 0.6) is 0 Å². The third-order valence-electron chi connectivity index (χ3n) is 21.1. The number of hydrogen-bond donors (Lipinski definition) is 5. The number of halogens is 4. The van der Waals surface area contributed by atoms with E-state index in [1.807, 2.05) is 68.9 Å². The first-order valence-electron chi connectivity index (χ1n) is 44.6. The standard InChI is InChI=1S/C12H15N.C11H14N2.C11H13N.C10H11ClN2.C10H12N2.C10H11NS.C8H13N.C8H11N.C8H12O2.C7H8Cl2N2.C7H10O.C5H5BrS/c1-9(2)11-8-13(3)12-7-5-4-6-10(11)12;1-7(2)9-4-5-11-10(6-9)8(3)12-13-11;1-8(2)10-7-12-11-6-4-3-5-9(10)11;1-6(2)7-3-4-9-8(5-7)10(11)13-12-9;1-7(2)8-3-4-10-9(5-8)6-11-12-10;1-7(2)10-11-8-5-3-4-6-9(8)12-10;1-6(2)8-4-5-9-7(8)3;1-7(2)8-4-3-5-9-6-8;1-6(2)8-4-3-7(5-9)10-8;1-4(2)5-6(8)10-3-11-7(5)9;1-6(2)7-4-3-5-8-7;1-4-2-5(6)3-7-4/h4-9H,1-3H3;4-7H,1-3H3,(H,12,13);3-8,12H,1-2H3;3-6H,1-2H3,(H,12,13);3-7H,1-2H3,(H,11,12);3-7H,1-2H3;5-6H,4H2,1-3H3;3-7H,1-2H3;3-4,6,9H,5H2,1-2H3;3-4H,1-2H3;3-6H,1-2H3;2-3H,1H3. The molecule has 0 saturated heterocycles. The number of furan rings is 2. The second-order valence-corrected chi connectivity index (χ2v) is 39.2. The van der Waals surface area contributed by atoms with Crippen LogP contribution in [0, 0.1) is 19.8 Å². The minimum atomic E-state index is -0.00722. The highest BCUT2D eigenvalue weighted by molar-refractivity contribution is 9.10. The summed E-state index contributed by atoms with van der Waals surface area (Å²) in [6.07, 6.45) is 16.0. The Kier molecular flexibility index (Phi) is 43.8. The number of rotatable bonds is 12. The van der Waals surface area contributed by atoms with E-state index in [1.165, 1.54) is 103 Å². The van der Waals surface area contributed by atoms with Crippen molar-refractivity contribution < 1.29 is 13.9 Å². The Balaban J connectivity index is 0.000000193. The molecule has 0 radical (unpaired) electrons. The molecule has 0 amide bonds. The molecule has 0 bridgehead atoms. The fraction of sp³-hybridized carbons (Fsp3) is 0.364. The summed E-state index contributed by atoms with van der Waals surface area (Å²) >= 11 is 24.4. The van der Waals surface area contributed by atoms with Crippen LogP contribution in [0.25, 0.3) is 64.7 Å². The summed E-state index contributed by atoms with van der Waals surface area (Å²) < 4.78 is 15.0. The number of thiazole rings is 1. The van der Waals surface area contributed by atoms with Crippen molar-refractivity contribution in [3.05, 3.63) is 322 Å². The zero-order valence-electron chi connectivity index (χ0n) is 80.2. The summed E-state index contributed by atoms with van der Waals surface area (Å²) in [7, 11) is 2.11. The number of aliphatic imine (C=N–C) groups is 1. The molecular formula is C107H135BrCl3N13O3S2. The zero-order valence-corrected chi connectivity index (χ0v) is 85.7. The molecule has 17 aromatic rings. The predicted molar refractivity (Wildman–Crippen MR) is 557 cm³/mol. The van der Waals surface area contributed by atoms with Gasteiger partial charge in [-0.25, -0.2) is 15.0 Å². The lowest BCUT2D eigenvalue weighted by Gasteiger charge is -2.06. The quantitative estimate of drug-likeness (QED) is 0.0729. The summed E-state index contributed by atoms with van der Waals surface area (Å²) in [4.78, 5) is 25.0. The van der Waals surface area contributed by atoms with Crippen LogP contribution < -0.4 is 0 Å². The van der Waals surface area contributed by atoms with Crippen LogP contribution in [0.3, 0.4) is 0 Å². The lowest BCUT2D eigenvalue weighted by atomic mass is 10.0. The Morgan fingerprint density at radius 2 is 1.11 bits per heavy atom. The topological polar surface area (TPSA) is 217 Å². The van der Waals surface area contributed by atoms with Crippen molar-refractivity contribution in [3.63, 3.8) is 0 Å². The maximum atomic E-state index is 8.64. The molecule has 129 heavy (non-hydrogen) atoms. The number of aliphatic hydroxyl groups excluding tert-OH is 1. The molecule has 1 aliphatic rings. The third kappa shape index (κ3) is 33.4. The summed E-state index contributed by atoms with van der Waals surface area (Å²) in [5, 5.41) is 40.6. The Labute approximate surface area is 797 Å². The van der Waals surface area contributed by atoms with Crippen molar-refractivity contribution in [2.75, 3.05) is 0 Å². The molecule has 0 spiro atoms. The number of benzene rings is 6. The van der Waals surface area contributed by atoms with Gasteiger partial charge in [-0.3, -0.25) is 25.3 Å². The van der Waals surface area contributed by atoms with Crippen LogP contribution in [0.1, 0.15) is 297 Å². The lowest BCUT2D eigenvalue weighted by molar-refractivity contribution is 0.242. The normalized spacial score (nSPS) is 11.5. The van der Waals surface area contributed by atoms with Gasteiger partial charge in [0.1, 0.15) is 45.7 Å². The largest absolute Gasteiger partial charge is 0.469 e. The number of nitrogens with zero attached hydrogens (tertiary/aromatic N) is 9. The molecule has 686 valence electrons. The van der Waals surface area contributed by atoms with E-state index >= 15 is 0 Å². The Morgan fingerprint density at radius 1 is 0.512 bits per heavy atom. The molecule has 0 aliphatic carbocycles. The molecule has 0 saturated carbocycles. The van der Waals surface area contributed by atoms with Gasteiger partial charge in [0.25, 0.3) is 0 Å². The van der Waals surface area contributed by atoms with E-state index in [0.29, 0.717) is 80.4 Å². The third-order valence-corrected chi connectivity index (χ3v) is 24.9. The van der Waals surface area contributed by atoms with Crippen molar-refractivity contribution >= 4 is 144 Å². The molecule has 22 heteroatoms. The predicted octanol–water partition coefficient (Wildman–Crippen LogP) is 33.7. The Bertz CT molecular complexity index is 6020. The second-order valence-electron chi connectivity index (χ2n) is 35.0. The van der Waals surface area contributed by atoms with Gasteiger partial charge in [0, 0.05) is 132 Å². The average molecular weight is 1900 g/mol. The van der Waals surface area contributed by atoms with Gasteiger partial charge in [-0.1, -0.05) is 260 Å². The van der Waals surface area contributed by atoms with Crippen LogP contribution >= 0.6 is 73.4 Å². The number of fused-ring (bicyclic) bond motifs is 6. The van der Waals surface area contributed by atoms with Gasteiger partial charge in [0.2, 0.25) is 0 Å². The average Bonchev–Trinajstić information content (AvgIpc) is 1.65. The van der Waals surface area contributed by atoms with Gasteiger partial charge >= 0.3 is 0 Å². The van der Waals surface area contributed by atoms with Gasteiger partial charge in [-0.15, -0.1) is 22.7 Å². The minimum Gasteiger partial charge on any atom is -0.469 e. The first-order chi connectivity index (χ1) is 61.4. The monoisotopic (exact) mass is 1900 g/mol. The highest BCUT2D eigenvalue weighted by Crippen LogP contribution is 2.33. The van der Waals surface area contributed by atoms with E-state index < -0.39 is 0 Å². The number of aryl methyl sites for hydroxylation is 3. The lowest BCUT2D eigenvalue weighted by Crippen LogP contribution is -1.94. The molecular weight excluding hydrogens is 1770 g/mol. The maximum Gasteiger partial charge on any atom is 0.137 e. The number of hydrogen-bond acceptors (Lipinski definition) is 13. The van der Waals surface area contributed by atoms with Gasteiger partial charge < -0.3 is 23.5 Å². The number of nitrogens with one attached hydrogen (secondary N) is 4. The summed E-state index contributed by atoms with van der Waals surface area (Å²) in [6, 6.07) is 58.1. The Morgan fingerprint density at radius 3 is 1.60 bits per heavy atom. The maximum absolute atomic E-state index is 8.64. The number of thiophene rings is 1. The first-order valence-corrected chi connectivity index (χ1v) is 48.2. The van der Waals surface area contributed by atoms with Crippen LogP contribution in [-0.2, 0) is 13.7 Å². The van der Waals surface area contributed by atoms with Crippen LogP contribution in [-0.4, -0.2) is 71.4 Å². The van der Waals surface area contributed by atoms with Crippen LogP contribution in [0.4, 0.5) is 0 Å². The van der Waals surface area contributed by atoms with Gasteiger partial charge in [-0.05, 0) is 220 Å². The van der Waals surface area contributed by atoms with Crippen molar-refractivity contribution in [3.8, 4) is 0 Å².